The van der Waals surface area contributed by atoms with Crippen molar-refractivity contribution in [3.63, 3.8) is 0 Å². The number of rotatable bonds is 9. The zero-order valence-corrected chi connectivity index (χ0v) is 17.8. The molecule has 0 fully saturated rings. The molecular formula is C21H25N5O3S. The molecule has 9 heteroatoms. The number of benzene rings is 2. The smallest absolute Gasteiger partial charge is 0.264 e. The van der Waals surface area contributed by atoms with E-state index in [4.69, 9.17) is 0 Å². The van der Waals surface area contributed by atoms with Crippen molar-refractivity contribution in [3.8, 4) is 0 Å². The Labute approximate surface area is 176 Å². The lowest BCUT2D eigenvalue weighted by Crippen LogP contribution is -2.31. The lowest BCUT2D eigenvalue weighted by atomic mass is 10.2. The van der Waals surface area contributed by atoms with E-state index in [1.54, 1.807) is 49.6 Å². The Balaban J connectivity index is 1.73. The summed E-state index contributed by atoms with van der Waals surface area (Å²) in [7, 11) is -3.79. The maximum absolute atomic E-state index is 13.2. The summed E-state index contributed by atoms with van der Waals surface area (Å²) in [4.78, 5) is 12.6. The molecule has 3 rings (SSSR count). The van der Waals surface area contributed by atoms with Gasteiger partial charge in [-0.1, -0.05) is 24.3 Å². The Bertz CT molecular complexity index is 1100. The molecule has 158 valence electrons. The molecule has 2 aromatic carbocycles. The van der Waals surface area contributed by atoms with E-state index in [0.29, 0.717) is 18.7 Å². The van der Waals surface area contributed by atoms with Gasteiger partial charge in [-0.25, -0.2) is 8.42 Å². The van der Waals surface area contributed by atoms with Crippen molar-refractivity contribution in [2.75, 3.05) is 17.4 Å². The molecule has 1 heterocycles. The third-order valence-electron chi connectivity index (χ3n) is 4.69. The van der Waals surface area contributed by atoms with E-state index in [2.05, 4.69) is 15.5 Å². The van der Waals surface area contributed by atoms with Crippen molar-refractivity contribution in [1.82, 2.24) is 20.1 Å². The molecule has 1 aromatic heterocycles. The molecule has 0 spiro atoms. The maximum Gasteiger partial charge on any atom is 0.264 e. The number of sulfonamides is 1. The van der Waals surface area contributed by atoms with Crippen LogP contribution in [0.25, 0.3) is 0 Å². The molecule has 8 nitrogen and oxygen atoms in total. The molecule has 0 aliphatic rings. The molecule has 3 aromatic rings. The van der Waals surface area contributed by atoms with E-state index >= 15 is 0 Å². The largest absolute Gasteiger partial charge is 0.352 e. The number of carbonyl (C=O) groups excluding carboxylic acids is 1. The second-order valence-corrected chi connectivity index (χ2v) is 8.43. The maximum atomic E-state index is 13.2. The van der Waals surface area contributed by atoms with Gasteiger partial charge in [0.05, 0.1) is 10.6 Å². The third-order valence-corrected chi connectivity index (χ3v) is 6.59. The van der Waals surface area contributed by atoms with Gasteiger partial charge in [0.25, 0.3) is 15.9 Å². The molecular weight excluding hydrogens is 402 g/mol. The van der Waals surface area contributed by atoms with Crippen LogP contribution in [0.2, 0.25) is 0 Å². The molecule has 0 radical (unpaired) electrons. The molecule has 0 aliphatic heterocycles. The molecule has 30 heavy (non-hydrogen) atoms. The summed E-state index contributed by atoms with van der Waals surface area (Å²) in [5, 5.41) is 10.7. The summed E-state index contributed by atoms with van der Waals surface area (Å²) in [6.07, 6.45) is 2.19. The van der Waals surface area contributed by atoms with Gasteiger partial charge in [0.2, 0.25) is 0 Å². The Morgan fingerprint density at radius 3 is 2.57 bits per heavy atom. The van der Waals surface area contributed by atoms with Crippen molar-refractivity contribution in [2.45, 2.75) is 31.7 Å². The Morgan fingerprint density at radius 1 is 1.10 bits per heavy atom. The Kier molecular flexibility index (Phi) is 6.83. The minimum atomic E-state index is -3.79. The SMILES string of the molecule is CCN(c1ccccc1)S(=O)(=O)c1cccc(C(=O)NCCc2nncn2CC)c1. The minimum absolute atomic E-state index is 0.0755. The highest BCUT2D eigenvalue weighted by atomic mass is 32.2. The van der Waals surface area contributed by atoms with Gasteiger partial charge >= 0.3 is 0 Å². The van der Waals surface area contributed by atoms with E-state index in [9.17, 15) is 13.2 Å². The monoisotopic (exact) mass is 427 g/mol. The first-order chi connectivity index (χ1) is 14.5. The molecule has 0 atom stereocenters. The van der Waals surface area contributed by atoms with Crippen LogP contribution < -0.4 is 9.62 Å². The summed E-state index contributed by atoms with van der Waals surface area (Å²) < 4.78 is 29.5. The first kappa shape index (κ1) is 21.5. The number of nitrogens with one attached hydrogen (secondary N) is 1. The number of hydrogen-bond donors (Lipinski definition) is 1. The van der Waals surface area contributed by atoms with Crippen LogP contribution in [0, 0.1) is 0 Å². The quantitative estimate of drug-likeness (QED) is 0.566. The van der Waals surface area contributed by atoms with Gasteiger partial charge < -0.3 is 9.88 Å². The molecule has 1 amide bonds. The summed E-state index contributed by atoms with van der Waals surface area (Å²) in [5.74, 6) is 0.452. The summed E-state index contributed by atoms with van der Waals surface area (Å²) >= 11 is 0. The van der Waals surface area contributed by atoms with Gasteiger partial charge in [-0.05, 0) is 44.2 Å². The van der Waals surface area contributed by atoms with Gasteiger partial charge in [-0.15, -0.1) is 10.2 Å². The van der Waals surface area contributed by atoms with E-state index in [-0.39, 0.29) is 22.9 Å². The van der Waals surface area contributed by atoms with Gasteiger partial charge in [-0.3, -0.25) is 9.10 Å². The molecule has 0 saturated carbocycles. The predicted octanol–water partition coefficient (Wildman–Crippen LogP) is 2.49. The van der Waals surface area contributed by atoms with Crippen LogP contribution >= 0.6 is 0 Å². The van der Waals surface area contributed by atoms with Crippen LogP contribution in [0.4, 0.5) is 5.69 Å². The normalized spacial score (nSPS) is 11.3. The number of carbonyl (C=O) groups is 1. The van der Waals surface area contributed by atoms with Crippen LogP contribution in [-0.2, 0) is 23.0 Å². The summed E-state index contributed by atoms with van der Waals surface area (Å²) in [5.41, 5.74) is 0.868. The lowest BCUT2D eigenvalue weighted by molar-refractivity contribution is 0.0953. The van der Waals surface area contributed by atoms with Crippen molar-refractivity contribution in [2.24, 2.45) is 0 Å². The lowest BCUT2D eigenvalue weighted by Gasteiger charge is -2.23. The van der Waals surface area contributed by atoms with Crippen molar-refractivity contribution >= 4 is 21.6 Å². The number of para-hydroxylation sites is 1. The zero-order valence-electron chi connectivity index (χ0n) is 17.0. The number of nitrogens with zero attached hydrogens (tertiary/aromatic N) is 4. The number of anilines is 1. The van der Waals surface area contributed by atoms with Crippen LogP contribution in [-0.4, -0.2) is 42.2 Å². The van der Waals surface area contributed by atoms with E-state index in [0.717, 1.165) is 12.4 Å². The number of aryl methyl sites for hydroxylation is 1. The van der Waals surface area contributed by atoms with Crippen molar-refractivity contribution < 1.29 is 13.2 Å². The fraction of sp³-hybridized carbons (Fsp3) is 0.286. The Hall–Kier alpha value is -3.20. The average molecular weight is 428 g/mol. The van der Waals surface area contributed by atoms with Crippen LogP contribution in [0.1, 0.15) is 30.0 Å². The second kappa shape index (κ2) is 9.53. The van der Waals surface area contributed by atoms with E-state index < -0.39 is 10.0 Å². The number of aromatic nitrogens is 3. The van der Waals surface area contributed by atoms with Crippen LogP contribution in [0.3, 0.4) is 0 Å². The first-order valence-corrected chi connectivity index (χ1v) is 11.2. The highest BCUT2D eigenvalue weighted by molar-refractivity contribution is 7.92. The highest BCUT2D eigenvalue weighted by Crippen LogP contribution is 2.23. The standard InChI is InChI=1S/C21H25N5O3S/c1-3-25-16-23-24-20(25)13-14-22-21(27)17-9-8-12-19(15-17)30(28,29)26(4-2)18-10-6-5-7-11-18/h5-12,15-16H,3-4,13-14H2,1-2H3,(H,22,27). The second-order valence-electron chi connectivity index (χ2n) is 6.57. The fourth-order valence-corrected chi connectivity index (χ4v) is 4.66. The highest BCUT2D eigenvalue weighted by Gasteiger charge is 2.24. The van der Waals surface area contributed by atoms with Crippen molar-refractivity contribution in [1.29, 1.82) is 0 Å². The average Bonchev–Trinajstić information content (AvgIpc) is 3.22. The number of amides is 1. The Morgan fingerprint density at radius 2 is 1.87 bits per heavy atom. The molecule has 0 saturated heterocycles. The summed E-state index contributed by atoms with van der Waals surface area (Å²) in [6.45, 7) is 5.18. The van der Waals surface area contributed by atoms with E-state index in [1.165, 1.54) is 16.4 Å². The fourth-order valence-electron chi connectivity index (χ4n) is 3.14. The zero-order chi connectivity index (χ0) is 21.6. The first-order valence-electron chi connectivity index (χ1n) is 9.80. The molecule has 0 unspecified atom stereocenters. The summed E-state index contributed by atoms with van der Waals surface area (Å²) in [6, 6.07) is 15.0. The van der Waals surface area contributed by atoms with E-state index in [1.807, 2.05) is 17.6 Å². The van der Waals surface area contributed by atoms with Gasteiger partial charge in [0, 0.05) is 31.6 Å². The molecule has 1 N–H and O–H groups in total. The van der Waals surface area contributed by atoms with Gasteiger partial charge in [-0.2, -0.15) is 0 Å². The van der Waals surface area contributed by atoms with Crippen molar-refractivity contribution in [3.05, 3.63) is 72.3 Å². The van der Waals surface area contributed by atoms with Gasteiger partial charge in [0.1, 0.15) is 12.2 Å². The van der Waals surface area contributed by atoms with Crippen LogP contribution in [0.15, 0.2) is 65.8 Å². The molecule has 0 bridgehead atoms. The van der Waals surface area contributed by atoms with Crippen LogP contribution in [0.5, 0.6) is 0 Å². The predicted molar refractivity (Wildman–Crippen MR) is 115 cm³/mol. The minimum Gasteiger partial charge on any atom is -0.352 e. The molecule has 0 aliphatic carbocycles. The van der Waals surface area contributed by atoms with Gasteiger partial charge in [0.15, 0.2) is 0 Å². The third kappa shape index (κ3) is 4.68. The number of hydrogen-bond acceptors (Lipinski definition) is 5. The topological polar surface area (TPSA) is 97.2 Å².